The highest BCUT2D eigenvalue weighted by Gasteiger charge is 2.14. The molecule has 0 spiro atoms. The van der Waals surface area contributed by atoms with Crippen LogP contribution in [0, 0.1) is 0 Å². The van der Waals surface area contributed by atoms with Crippen molar-refractivity contribution in [3.63, 3.8) is 0 Å². The SMILES string of the molecule is CC(NC(=O)CCCn1c(=O)oc2ccccc21)c1nc2ccccc2[nH]1. The van der Waals surface area contributed by atoms with Gasteiger partial charge < -0.3 is 14.7 Å². The fourth-order valence-corrected chi connectivity index (χ4v) is 3.18. The lowest BCUT2D eigenvalue weighted by atomic mass is 10.2. The number of benzene rings is 2. The number of hydrogen-bond acceptors (Lipinski definition) is 4. The Morgan fingerprint density at radius 2 is 2.00 bits per heavy atom. The number of oxazole rings is 1. The lowest BCUT2D eigenvalue weighted by Crippen LogP contribution is -2.27. The number of aromatic amines is 1. The van der Waals surface area contributed by atoms with Gasteiger partial charge in [0.25, 0.3) is 0 Å². The zero-order valence-electron chi connectivity index (χ0n) is 14.9. The zero-order valence-corrected chi connectivity index (χ0v) is 14.9. The summed E-state index contributed by atoms with van der Waals surface area (Å²) in [6.45, 7) is 2.33. The molecule has 0 aliphatic heterocycles. The maximum atomic E-state index is 12.3. The molecule has 0 bridgehead atoms. The first-order chi connectivity index (χ1) is 13.1. The Morgan fingerprint density at radius 1 is 1.22 bits per heavy atom. The molecule has 2 aromatic carbocycles. The Bertz CT molecular complexity index is 1120. The molecule has 0 saturated carbocycles. The van der Waals surface area contributed by atoms with E-state index in [9.17, 15) is 9.59 Å². The van der Waals surface area contributed by atoms with Crippen molar-refractivity contribution in [3.8, 4) is 0 Å². The van der Waals surface area contributed by atoms with Crippen molar-refractivity contribution in [3.05, 3.63) is 64.9 Å². The van der Waals surface area contributed by atoms with Crippen molar-refractivity contribution in [2.24, 2.45) is 0 Å². The van der Waals surface area contributed by atoms with E-state index in [2.05, 4.69) is 15.3 Å². The molecule has 0 fully saturated rings. The summed E-state index contributed by atoms with van der Waals surface area (Å²) in [5, 5.41) is 2.95. The molecule has 1 atom stereocenters. The van der Waals surface area contributed by atoms with Crippen molar-refractivity contribution < 1.29 is 9.21 Å². The van der Waals surface area contributed by atoms with E-state index in [4.69, 9.17) is 4.42 Å². The van der Waals surface area contributed by atoms with Gasteiger partial charge in [-0.15, -0.1) is 0 Å². The van der Waals surface area contributed by atoms with E-state index >= 15 is 0 Å². The van der Waals surface area contributed by atoms with Crippen molar-refractivity contribution in [2.45, 2.75) is 32.4 Å². The number of H-pyrrole nitrogens is 1. The van der Waals surface area contributed by atoms with Gasteiger partial charge in [0.2, 0.25) is 5.91 Å². The minimum absolute atomic E-state index is 0.0798. The second kappa shape index (κ2) is 7.11. The molecular formula is C20H20N4O3. The highest BCUT2D eigenvalue weighted by atomic mass is 16.4. The van der Waals surface area contributed by atoms with Crippen LogP contribution in [-0.2, 0) is 11.3 Å². The third-order valence-corrected chi connectivity index (χ3v) is 4.55. The molecular weight excluding hydrogens is 344 g/mol. The second-order valence-corrected chi connectivity index (χ2v) is 6.52. The number of aromatic nitrogens is 3. The van der Waals surface area contributed by atoms with E-state index in [-0.39, 0.29) is 11.9 Å². The normalized spacial score (nSPS) is 12.5. The Balaban J connectivity index is 1.35. The fraction of sp³-hybridized carbons (Fsp3) is 0.250. The number of para-hydroxylation sites is 4. The summed E-state index contributed by atoms with van der Waals surface area (Å²) in [5.74, 6) is 0.248. The fourth-order valence-electron chi connectivity index (χ4n) is 3.18. The first-order valence-electron chi connectivity index (χ1n) is 8.94. The van der Waals surface area contributed by atoms with Gasteiger partial charge in [-0.05, 0) is 37.6 Å². The molecule has 2 heterocycles. The van der Waals surface area contributed by atoms with Gasteiger partial charge in [-0.2, -0.15) is 0 Å². The number of imidazole rings is 1. The molecule has 138 valence electrons. The average molecular weight is 364 g/mol. The van der Waals surface area contributed by atoms with Crippen LogP contribution in [0.2, 0.25) is 0 Å². The summed E-state index contributed by atoms with van der Waals surface area (Å²) in [5.41, 5.74) is 3.13. The molecule has 27 heavy (non-hydrogen) atoms. The highest BCUT2D eigenvalue weighted by Crippen LogP contribution is 2.16. The lowest BCUT2D eigenvalue weighted by Gasteiger charge is -2.11. The minimum Gasteiger partial charge on any atom is -0.408 e. The first-order valence-corrected chi connectivity index (χ1v) is 8.94. The molecule has 1 unspecified atom stereocenters. The number of carbonyl (C=O) groups excluding carboxylic acids is 1. The second-order valence-electron chi connectivity index (χ2n) is 6.52. The van der Waals surface area contributed by atoms with Gasteiger partial charge >= 0.3 is 5.76 Å². The number of aryl methyl sites for hydroxylation is 1. The van der Waals surface area contributed by atoms with E-state index in [1.165, 1.54) is 0 Å². The van der Waals surface area contributed by atoms with E-state index in [0.29, 0.717) is 25.0 Å². The molecule has 2 aromatic heterocycles. The van der Waals surface area contributed by atoms with Gasteiger partial charge in [-0.3, -0.25) is 9.36 Å². The molecule has 2 N–H and O–H groups in total. The van der Waals surface area contributed by atoms with Crippen LogP contribution in [0.25, 0.3) is 22.1 Å². The molecule has 0 radical (unpaired) electrons. The summed E-state index contributed by atoms with van der Waals surface area (Å²) in [6, 6.07) is 14.8. The quantitative estimate of drug-likeness (QED) is 0.550. The average Bonchev–Trinajstić information content (AvgIpc) is 3.23. The molecule has 4 aromatic rings. The van der Waals surface area contributed by atoms with Gasteiger partial charge in [-0.1, -0.05) is 24.3 Å². The number of fused-ring (bicyclic) bond motifs is 2. The topological polar surface area (TPSA) is 92.9 Å². The van der Waals surface area contributed by atoms with Crippen molar-refractivity contribution in [2.75, 3.05) is 0 Å². The van der Waals surface area contributed by atoms with Crippen LogP contribution >= 0.6 is 0 Å². The van der Waals surface area contributed by atoms with Crippen LogP contribution in [0.3, 0.4) is 0 Å². The maximum Gasteiger partial charge on any atom is 0.419 e. The van der Waals surface area contributed by atoms with E-state index in [1.54, 1.807) is 10.6 Å². The van der Waals surface area contributed by atoms with E-state index < -0.39 is 5.76 Å². The monoisotopic (exact) mass is 364 g/mol. The number of carbonyl (C=O) groups is 1. The van der Waals surface area contributed by atoms with Gasteiger partial charge in [-0.25, -0.2) is 9.78 Å². The standard InChI is InChI=1S/C20H20N4O3/c1-13(19-22-14-7-2-3-8-15(14)23-19)21-18(25)11-6-12-24-16-9-4-5-10-17(16)27-20(24)26/h2-5,7-10,13H,6,11-12H2,1H3,(H,21,25)(H,22,23). The number of hydrogen-bond donors (Lipinski definition) is 2. The Morgan fingerprint density at radius 3 is 2.85 bits per heavy atom. The first kappa shape index (κ1) is 17.1. The summed E-state index contributed by atoms with van der Waals surface area (Å²) >= 11 is 0. The zero-order chi connectivity index (χ0) is 18.8. The third kappa shape index (κ3) is 3.48. The highest BCUT2D eigenvalue weighted by molar-refractivity contribution is 5.77. The minimum atomic E-state index is -0.396. The number of rotatable bonds is 6. The summed E-state index contributed by atoms with van der Waals surface area (Å²) in [7, 11) is 0. The van der Waals surface area contributed by atoms with Gasteiger partial charge in [0, 0.05) is 13.0 Å². The van der Waals surface area contributed by atoms with Crippen molar-refractivity contribution in [1.82, 2.24) is 19.9 Å². The summed E-state index contributed by atoms with van der Waals surface area (Å²) in [4.78, 5) is 31.9. The Hall–Kier alpha value is -3.35. The molecule has 1 amide bonds. The maximum absolute atomic E-state index is 12.3. The van der Waals surface area contributed by atoms with Gasteiger partial charge in [0.15, 0.2) is 5.58 Å². The molecule has 0 saturated heterocycles. The van der Waals surface area contributed by atoms with Crippen LogP contribution < -0.4 is 11.1 Å². The molecule has 7 nitrogen and oxygen atoms in total. The van der Waals surface area contributed by atoms with Gasteiger partial charge in [0.1, 0.15) is 5.82 Å². The van der Waals surface area contributed by atoms with Gasteiger partial charge in [0.05, 0.1) is 22.6 Å². The summed E-state index contributed by atoms with van der Waals surface area (Å²) in [6.07, 6.45) is 0.860. The third-order valence-electron chi connectivity index (χ3n) is 4.55. The summed E-state index contributed by atoms with van der Waals surface area (Å²) < 4.78 is 6.76. The molecule has 0 aliphatic carbocycles. The molecule has 0 aliphatic rings. The predicted octanol–water partition coefficient (Wildman–Crippen LogP) is 3.13. The lowest BCUT2D eigenvalue weighted by molar-refractivity contribution is -0.121. The Labute approximate surface area is 155 Å². The van der Waals surface area contributed by atoms with E-state index in [1.807, 2.05) is 49.4 Å². The molecule has 7 heteroatoms. The van der Waals surface area contributed by atoms with Crippen molar-refractivity contribution in [1.29, 1.82) is 0 Å². The van der Waals surface area contributed by atoms with Crippen molar-refractivity contribution >= 4 is 28.0 Å². The van der Waals surface area contributed by atoms with Crippen LogP contribution in [0.1, 0.15) is 31.6 Å². The van der Waals surface area contributed by atoms with Crippen LogP contribution in [0.4, 0.5) is 0 Å². The number of nitrogens with zero attached hydrogens (tertiary/aromatic N) is 2. The van der Waals surface area contributed by atoms with Crippen LogP contribution in [0.5, 0.6) is 0 Å². The van der Waals surface area contributed by atoms with Crippen LogP contribution in [-0.4, -0.2) is 20.4 Å². The smallest absolute Gasteiger partial charge is 0.408 e. The largest absolute Gasteiger partial charge is 0.419 e. The number of amides is 1. The molecule has 4 rings (SSSR count). The Kier molecular flexibility index (Phi) is 4.50. The van der Waals surface area contributed by atoms with Crippen LogP contribution in [0.15, 0.2) is 57.7 Å². The predicted molar refractivity (Wildman–Crippen MR) is 102 cm³/mol. The van der Waals surface area contributed by atoms with E-state index in [0.717, 1.165) is 22.4 Å². The number of nitrogens with one attached hydrogen (secondary N) is 2.